The molecule has 0 aliphatic rings. The van der Waals surface area contributed by atoms with Gasteiger partial charge in [0.2, 0.25) is 0 Å². The van der Waals surface area contributed by atoms with E-state index >= 15 is 0 Å². The number of unbranched alkanes of at least 4 members (excludes halogenated alkanes) is 1. The van der Waals surface area contributed by atoms with Crippen molar-refractivity contribution in [1.82, 2.24) is 0 Å². The van der Waals surface area contributed by atoms with Crippen molar-refractivity contribution in [2.75, 3.05) is 0 Å². The summed E-state index contributed by atoms with van der Waals surface area (Å²) in [7, 11) is 0. The summed E-state index contributed by atoms with van der Waals surface area (Å²) in [5.74, 6) is -0.839. The number of carbonyl (C=O) groups is 1. The molecule has 0 amide bonds. The Morgan fingerprint density at radius 3 is 2.40 bits per heavy atom. The zero-order chi connectivity index (χ0) is 7.28. The van der Waals surface area contributed by atoms with E-state index in [0.717, 1.165) is 19.3 Å². The minimum Gasteiger partial charge on any atom is -0.481 e. The largest absolute Gasteiger partial charge is 0.481 e. The van der Waals surface area contributed by atoms with Gasteiger partial charge in [-0.3, -0.25) is 4.79 Å². The molecule has 0 heterocycles. The van der Waals surface area contributed by atoms with Crippen molar-refractivity contribution in [3.8, 4) is 0 Å². The quantitative estimate of drug-likeness (QED) is 0.643. The molecule has 0 spiro atoms. The Balaban J connectivity index is 0. The summed E-state index contributed by atoms with van der Waals surface area (Å²) in [6.07, 6.45) is 2.91. The van der Waals surface area contributed by atoms with Crippen LogP contribution in [0.3, 0.4) is 0 Å². The molecular formula is C7H14O2P. The van der Waals surface area contributed by atoms with E-state index in [1.807, 2.05) is 0 Å². The molecule has 0 aromatic rings. The predicted molar refractivity (Wildman–Crippen MR) is 43.2 cm³/mol. The SMILES string of the molecule is CCCCC(C)C(=O)O.[P]. The van der Waals surface area contributed by atoms with Crippen molar-refractivity contribution < 1.29 is 9.90 Å². The molecule has 3 heteroatoms. The van der Waals surface area contributed by atoms with Gasteiger partial charge in [0.25, 0.3) is 0 Å². The van der Waals surface area contributed by atoms with Crippen LogP contribution in [0.5, 0.6) is 0 Å². The van der Waals surface area contributed by atoms with Crippen LogP contribution in [0.15, 0.2) is 0 Å². The predicted octanol–water partition coefficient (Wildman–Crippen LogP) is 2.76. The molecule has 2 nitrogen and oxygen atoms in total. The van der Waals surface area contributed by atoms with Crippen molar-refractivity contribution in [3.63, 3.8) is 0 Å². The van der Waals surface area contributed by atoms with Crippen molar-refractivity contribution in [2.24, 2.45) is 5.92 Å². The van der Waals surface area contributed by atoms with Gasteiger partial charge in [-0.2, -0.15) is 0 Å². The van der Waals surface area contributed by atoms with E-state index in [4.69, 9.17) is 5.11 Å². The van der Waals surface area contributed by atoms with Gasteiger partial charge in [-0.15, -0.1) is 0 Å². The molecule has 1 unspecified atom stereocenters. The van der Waals surface area contributed by atoms with E-state index in [0.29, 0.717) is 0 Å². The molecule has 1 atom stereocenters. The van der Waals surface area contributed by atoms with E-state index in [9.17, 15) is 4.79 Å². The van der Waals surface area contributed by atoms with Gasteiger partial charge in [-0.05, 0) is 6.42 Å². The van der Waals surface area contributed by atoms with Crippen LogP contribution in [0.2, 0.25) is 0 Å². The lowest BCUT2D eigenvalue weighted by Crippen LogP contribution is -2.08. The number of aliphatic carboxylic acids is 1. The maximum absolute atomic E-state index is 10.2. The van der Waals surface area contributed by atoms with Gasteiger partial charge in [0.15, 0.2) is 0 Å². The van der Waals surface area contributed by atoms with E-state index in [1.165, 1.54) is 0 Å². The van der Waals surface area contributed by atoms with Crippen molar-refractivity contribution in [3.05, 3.63) is 0 Å². The van der Waals surface area contributed by atoms with Crippen LogP contribution in [0.1, 0.15) is 33.1 Å². The van der Waals surface area contributed by atoms with Crippen molar-refractivity contribution in [2.45, 2.75) is 33.1 Å². The summed E-state index contributed by atoms with van der Waals surface area (Å²) in [5, 5.41) is 8.41. The molecule has 0 aliphatic carbocycles. The monoisotopic (exact) mass is 161 g/mol. The fourth-order valence-corrected chi connectivity index (χ4v) is 0.634. The maximum Gasteiger partial charge on any atom is 0.306 e. The smallest absolute Gasteiger partial charge is 0.306 e. The van der Waals surface area contributed by atoms with Crippen LogP contribution in [0.4, 0.5) is 0 Å². The van der Waals surface area contributed by atoms with Crippen molar-refractivity contribution >= 4 is 15.9 Å². The fourth-order valence-electron chi connectivity index (χ4n) is 0.634. The molecule has 0 aromatic carbocycles. The number of hydrogen-bond donors (Lipinski definition) is 1. The highest BCUT2D eigenvalue weighted by Crippen LogP contribution is 2.06. The maximum atomic E-state index is 10.2. The van der Waals surface area contributed by atoms with E-state index in [2.05, 4.69) is 6.92 Å². The molecule has 59 valence electrons. The molecule has 0 aliphatic heterocycles. The Morgan fingerprint density at radius 2 is 2.10 bits per heavy atom. The normalized spacial score (nSPS) is 11.8. The Bertz CT molecular complexity index is 93.6. The molecule has 0 rings (SSSR count). The second kappa shape index (κ2) is 7.01. The molecule has 0 fully saturated rings. The topological polar surface area (TPSA) is 37.3 Å². The second-order valence-corrected chi connectivity index (χ2v) is 2.38. The van der Waals surface area contributed by atoms with Gasteiger partial charge in [0.1, 0.15) is 0 Å². The Labute approximate surface area is 65.6 Å². The minimum absolute atomic E-state index is 0. The van der Waals surface area contributed by atoms with Crippen LogP contribution < -0.4 is 0 Å². The van der Waals surface area contributed by atoms with Gasteiger partial charge < -0.3 is 5.11 Å². The first kappa shape index (κ1) is 12.6. The molecular weight excluding hydrogens is 147 g/mol. The molecule has 0 saturated heterocycles. The van der Waals surface area contributed by atoms with Gasteiger partial charge >= 0.3 is 5.97 Å². The van der Waals surface area contributed by atoms with Crippen LogP contribution in [-0.2, 0) is 4.79 Å². The Morgan fingerprint density at radius 1 is 1.60 bits per heavy atom. The third-order valence-corrected chi connectivity index (χ3v) is 1.41. The highest BCUT2D eigenvalue weighted by atomic mass is 31.0. The molecule has 0 bridgehead atoms. The van der Waals surface area contributed by atoms with Crippen LogP contribution in [-0.4, -0.2) is 11.1 Å². The lowest BCUT2D eigenvalue weighted by atomic mass is 10.1. The average Bonchev–Trinajstić information content (AvgIpc) is 1.82. The fraction of sp³-hybridized carbons (Fsp3) is 0.857. The number of carboxylic acid groups (broad SMARTS) is 1. The lowest BCUT2D eigenvalue weighted by molar-refractivity contribution is -0.141. The highest BCUT2D eigenvalue weighted by molar-refractivity contribution is 6.92. The van der Waals surface area contributed by atoms with Gasteiger partial charge in [0.05, 0.1) is 5.92 Å². The van der Waals surface area contributed by atoms with Crippen molar-refractivity contribution in [1.29, 1.82) is 0 Å². The number of carboxylic acids is 1. The highest BCUT2D eigenvalue weighted by Gasteiger charge is 2.08. The summed E-state index contributed by atoms with van der Waals surface area (Å²) in [6, 6.07) is 0. The summed E-state index contributed by atoms with van der Waals surface area (Å²) in [6.45, 7) is 3.81. The zero-order valence-corrected chi connectivity index (χ0v) is 7.40. The van der Waals surface area contributed by atoms with Crippen LogP contribution in [0, 0.1) is 5.92 Å². The first-order valence-electron chi connectivity index (χ1n) is 3.41. The van der Waals surface area contributed by atoms with Crippen LogP contribution >= 0.6 is 9.90 Å². The average molecular weight is 161 g/mol. The summed E-state index contributed by atoms with van der Waals surface area (Å²) >= 11 is 0. The first-order chi connectivity index (χ1) is 4.18. The standard InChI is InChI=1S/C7H14O2.P/c1-3-4-5-6(2)7(8)9;/h6H,3-5H2,1-2H3,(H,8,9);. The van der Waals surface area contributed by atoms with Crippen LogP contribution in [0.25, 0.3) is 0 Å². The number of hydrogen-bond acceptors (Lipinski definition) is 1. The third-order valence-electron chi connectivity index (χ3n) is 1.41. The molecule has 1 N–H and O–H groups in total. The molecule has 0 aromatic heterocycles. The number of rotatable bonds is 4. The Hall–Kier alpha value is -0.100. The van der Waals surface area contributed by atoms with Gasteiger partial charge in [-0.25, -0.2) is 0 Å². The zero-order valence-electron chi connectivity index (χ0n) is 6.50. The van der Waals surface area contributed by atoms with Gasteiger partial charge in [-0.1, -0.05) is 26.7 Å². The van der Waals surface area contributed by atoms with E-state index in [-0.39, 0.29) is 15.8 Å². The lowest BCUT2D eigenvalue weighted by Gasteiger charge is -2.02. The summed E-state index contributed by atoms with van der Waals surface area (Å²) in [4.78, 5) is 10.2. The van der Waals surface area contributed by atoms with E-state index in [1.54, 1.807) is 6.92 Å². The Kier molecular flexibility index (Phi) is 8.81. The molecule has 0 saturated carbocycles. The van der Waals surface area contributed by atoms with Gasteiger partial charge in [0, 0.05) is 9.90 Å². The summed E-state index contributed by atoms with van der Waals surface area (Å²) in [5.41, 5.74) is 0. The minimum atomic E-state index is -0.677. The molecule has 3 radical (unpaired) electrons. The third kappa shape index (κ3) is 6.03. The molecule has 10 heavy (non-hydrogen) atoms. The summed E-state index contributed by atoms with van der Waals surface area (Å²) < 4.78 is 0. The second-order valence-electron chi connectivity index (χ2n) is 2.38. The van der Waals surface area contributed by atoms with E-state index < -0.39 is 5.97 Å². The first-order valence-corrected chi connectivity index (χ1v) is 3.41.